The van der Waals surface area contributed by atoms with Gasteiger partial charge in [-0.25, -0.2) is 0 Å². The topological polar surface area (TPSA) is 56.8 Å². The Morgan fingerprint density at radius 2 is 1.63 bits per heavy atom. The van der Waals surface area contributed by atoms with E-state index in [1.54, 1.807) is 18.2 Å². The van der Waals surface area contributed by atoms with Crippen LogP contribution < -0.4 is 4.74 Å². The lowest BCUT2D eigenvalue weighted by Crippen LogP contribution is -1.92. The molecule has 0 aliphatic rings. The molecule has 0 aliphatic carbocycles. The molecule has 0 bridgehead atoms. The van der Waals surface area contributed by atoms with Crippen LogP contribution in [0.15, 0.2) is 36.4 Å². The third kappa shape index (κ3) is 2.73. The maximum absolute atomic E-state index is 9.14. The van der Waals surface area contributed by atoms with Crippen LogP contribution >= 0.6 is 0 Å². The summed E-state index contributed by atoms with van der Waals surface area (Å²) in [6.45, 7) is 3.97. The summed E-state index contributed by atoms with van der Waals surface area (Å²) in [5, 5.41) is 18.1. The molecule has 2 aromatic carbocycles. The molecule has 2 rings (SSSR count). The van der Waals surface area contributed by atoms with Crippen molar-refractivity contribution in [2.75, 3.05) is 0 Å². The molecular weight excluding hydrogens is 236 g/mol. The van der Waals surface area contributed by atoms with E-state index in [-0.39, 0.29) is 5.56 Å². The monoisotopic (exact) mass is 248 g/mol. The van der Waals surface area contributed by atoms with E-state index in [9.17, 15) is 0 Å². The molecule has 0 radical (unpaired) electrons. The highest BCUT2D eigenvalue weighted by atomic mass is 16.5. The average Bonchev–Trinajstić information content (AvgIpc) is 2.37. The molecule has 2 aromatic rings. The molecule has 0 spiro atoms. The van der Waals surface area contributed by atoms with Crippen LogP contribution in [0.1, 0.15) is 22.3 Å². The molecule has 0 amide bonds. The SMILES string of the molecule is Cc1cc(C)cc(Oc2cccc(C#N)c2C#N)c1. The van der Waals surface area contributed by atoms with Crippen LogP contribution in [0.5, 0.6) is 11.5 Å². The molecular formula is C16H12N2O. The number of nitriles is 2. The molecule has 0 aromatic heterocycles. The molecule has 0 saturated carbocycles. The third-order valence-corrected chi connectivity index (χ3v) is 2.68. The maximum atomic E-state index is 9.14. The summed E-state index contributed by atoms with van der Waals surface area (Å²) in [6, 6.07) is 14.8. The van der Waals surface area contributed by atoms with Gasteiger partial charge in [0.25, 0.3) is 0 Å². The lowest BCUT2D eigenvalue weighted by Gasteiger charge is -2.09. The van der Waals surface area contributed by atoms with Gasteiger partial charge < -0.3 is 4.74 Å². The molecule has 3 nitrogen and oxygen atoms in total. The second-order valence-corrected chi connectivity index (χ2v) is 4.33. The Labute approximate surface area is 112 Å². The number of rotatable bonds is 2. The molecule has 0 atom stereocenters. The first-order valence-electron chi connectivity index (χ1n) is 5.83. The Bertz CT molecular complexity index is 685. The largest absolute Gasteiger partial charge is 0.456 e. The van der Waals surface area contributed by atoms with Crippen LogP contribution in [0.25, 0.3) is 0 Å². The summed E-state index contributed by atoms with van der Waals surface area (Å²) in [4.78, 5) is 0. The molecule has 0 heterocycles. The van der Waals surface area contributed by atoms with Crippen LogP contribution in [0.2, 0.25) is 0 Å². The lowest BCUT2D eigenvalue weighted by atomic mass is 10.1. The first kappa shape index (κ1) is 12.7. The fraction of sp³-hybridized carbons (Fsp3) is 0.125. The second-order valence-electron chi connectivity index (χ2n) is 4.33. The van der Waals surface area contributed by atoms with Gasteiger partial charge in [0.15, 0.2) is 0 Å². The number of benzene rings is 2. The zero-order valence-electron chi connectivity index (χ0n) is 10.8. The minimum absolute atomic E-state index is 0.268. The van der Waals surface area contributed by atoms with Crippen molar-refractivity contribution >= 4 is 0 Å². The smallest absolute Gasteiger partial charge is 0.146 e. The predicted molar refractivity (Wildman–Crippen MR) is 71.9 cm³/mol. The van der Waals surface area contributed by atoms with Crippen LogP contribution in [0.4, 0.5) is 0 Å². The fourth-order valence-corrected chi connectivity index (χ4v) is 1.94. The van der Waals surface area contributed by atoms with Gasteiger partial charge in [-0.2, -0.15) is 10.5 Å². The lowest BCUT2D eigenvalue weighted by molar-refractivity contribution is 0.480. The molecule has 0 fully saturated rings. The summed E-state index contributed by atoms with van der Waals surface area (Å²) >= 11 is 0. The van der Waals surface area contributed by atoms with Crippen molar-refractivity contribution in [2.24, 2.45) is 0 Å². The number of aryl methyl sites for hydroxylation is 2. The van der Waals surface area contributed by atoms with E-state index >= 15 is 0 Å². The van der Waals surface area contributed by atoms with E-state index in [0.717, 1.165) is 11.1 Å². The molecule has 0 aliphatic heterocycles. The number of nitrogens with zero attached hydrogens (tertiary/aromatic N) is 2. The normalized spacial score (nSPS) is 9.47. The molecule has 0 saturated heterocycles. The first-order valence-corrected chi connectivity index (χ1v) is 5.83. The summed E-state index contributed by atoms with van der Waals surface area (Å²) in [7, 11) is 0. The van der Waals surface area contributed by atoms with Crippen molar-refractivity contribution in [3.8, 4) is 23.6 Å². The van der Waals surface area contributed by atoms with Gasteiger partial charge in [-0.15, -0.1) is 0 Å². The quantitative estimate of drug-likeness (QED) is 0.811. The molecule has 0 N–H and O–H groups in total. The van der Waals surface area contributed by atoms with Gasteiger partial charge in [0, 0.05) is 0 Å². The first-order chi connectivity index (χ1) is 9.13. The van der Waals surface area contributed by atoms with E-state index in [1.807, 2.05) is 44.2 Å². The second kappa shape index (κ2) is 5.25. The zero-order valence-corrected chi connectivity index (χ0v) is 10.8. The van der Waals surface area contributed by atoms with E-state index in [2.05, 4.69) is 0 Å². The van der Waals surface area contributed by atoms with Crippen molar-refractivity contribution in [1.29, 1.82) is 10.5 Å². The van der Waals surface area contributed by atoms with Crippen LogP contribution in [0, 0.1) is 36.5 Å². The van der Waals surface area contributed by atoms with E-state index in [1.165, 1.54) is 0 Å². The van der Waals surface area contributed by atoms with Gasteiger partial charge in [-0.05, 0) is 49.2 Å². The maximum Gasteiger partial charge on any atom is 0.146 e. The molecule has 92 valence electrons. The van der Waals surface area contributed by atoms with Crippen molar-refractivity contribution < 1.29 is 4.74 Å². The van der Waals surface area contributed by atoms with E-state index in [0.29, 0.717) is 17.1 Å². The Morgan fingerprint density at radius 1 is 0.947 bits per heavy atom. The van der Waals surface area contributed by atoms with Gasteiger partial charge in [-0.1, -0.05) is 12.1 Å². The highest BCUT2D eigenvalue weighted by molar-refractivity contribution is 5.55. The average molecular weight is 248 g/mol. The Balaban J connectivity index is 2.45. The highest BCUT2D eigenvalue weighted by Gasteiger charge is 2.10. The number of hydrogen-bond donors (Lipinski definition) is 0. The van der Waals surface area contributed by atoms with Crippen LogP contribution in [0.3, 0.4) is 0 Å². The molecule has 3 heteroatoms. The van der Waals surface area contributed by atoms with Crippen molar-refractivity contribution in [2.45, 2.75) is 13.8 Å². The summed E-state index contributed by atoms with van der Waals surface area (Å²) in [6.07, 6.45) is 0. The zero-order chi connectivity index (χ0) is 13.8. The standard InChI is InChI=1S/C16H12N2O/c1-11-6-12(2)8-14(7-11)19-16-5-3-4-13(9-17)15(16)10-18/h3-8H,1-2H3. The van der Waals surface area contributed by atoms with Gasteiger partial charge in [0.2, 0.25) is 0 Å². The van der Waals surface area contributed by atoms with Gasteiger partial charge in [-0.3, -0.25) is 0 Å². The van der Waals surface area contributed by atoms with Crippen LogP contribution in [-0.2, 0) is 0 Å². The summed E-state index contributed by atoms with van der Waals surface area (Å²) in [5.41, 5.74) is 2.77. The third-order valence-electron chi connectivity index (χ3n) is 2.68. The van der Waals surface area contributed by atoms with Gasteiger partial charge >= 0.3 is 0 Å². The van der Waals surface area contributed by atoms with E-state index in [4.69, 9.17) is 15.3 Å². The summed E-state index contributed by atoms with van der Waals surface area (Å²) < 4.78 is 5.73. The highest BCUT2D eigenvalue weighted by Crippen LogP contribution is 2.28. The van der Waals surface area contributed by atoms with Gasteiger partial charge in [0.1, 0.15) is 29.2 Å². The predicted octanol–water partition coefficient (Wildman–Crippen LogP) is 3.84. The fourth-order valence-electron chi connectivity index (χ4n) is 1.94. The Morgan fingerprint density at radius 3 is 2.21 bits per heavy atom. The molecule has 0 unspecified atom stereocenters. The molecule has 19 heavy (non-hydrogen) atoms. The number of hydrogen-bond acceptors (Lipinski definition) is 3. The Hall–Kier alpha value is -2.78. The van der Waals surface area contributed by atoms with Crippen molar-refractivity contribution in [3.05, 3.63) is 58.7 Å². The van der Waals surface area contributed by atoms with E-state index < -0.39 is 0 Å². The van der Waals surface area contributed by atoms with Crippen LogP contribution in [-0.4, -0.2) is 0 Å². The Kier molecular flexibility index (Phi) is 3.50. The minimum Gasteiger partial charge on any atom is -0.456 e. The van der Waals surface area contributed by atoms with Crippen molar-refractivity contribution in [3.63, 3.8) is 0 Å². The number of ether oxygens (including phenoxy) is 1. The van der Waals surface area contributed by atoms with Gasteiger partial charge in [0.05, 0.1) is 5.56 Å². The minimum atomic E-state index is 0.268. The van der Waals surface area contributed by atoms with Crippen molar-refractivity contribution in [1.82, 2.24) is 0 Å². The summed E-state index contributed by atoms with van der Waals surface area (Å²) in [5.74, 6) is 1.08.